The fourth-order valence-electron chi connectivity index (χ4n) is 3.02. The van der Waals surface area contributed by atoms with Crippen LogP contribution in [0, 0.1) is 0 Å². The second kappa shape index (κ2) is 8.26. The predicted octanol–water partition coefficient (Wildman–Crippen LogP) is 2.10. The fourth-order valence-corrected chi connectivity index (χ4v) is 4.18. The number of hydrogen-bond donors (Lipinski definition) is 1. The Morgan fingerprint density at radius 1 is 1.11 bits per heavy atom. The quantitative estimate of drug-likeness (QED) is 0.718. The Labute approximate surface area is 166 Å². The first-order valence-electron chi connectivity index (χ1n) is 8.88. The molecule has 1 aliphatic rings. The van der Waals surface area contributed by atoms with E-state index >= 15 is 0 Å². The lowest BCUT2D eigenvalue weighted by Crippen LogP contribution is -2.47. The van der Waals surface area contributed by atoms with E-state index in [1.165, 1.54) is 6.33 Å². The molecule has 0 bridgehead atoms. The van der Waals surface area contributed by atoms with Gasteiger partial charge in [0, 0.05) is 17.9 Å². The van der Waals surface area contributed by atoms with Crippen LogP contribution in [-0.4, -0.2) is 49.2 Å². The van der Waals surface area contributed by atoms with Crippen LogP contribution in [-0.2, 0) is 11.3 Å². The minimum Gasteiger partial charge on any atom is -0.350 e. The third kappa shape index (κ3) is 3.91. The summed E-state index contributed by atoms with van der Waals surface area (Å²) in [5, 5.41) is 7.04. The Bertz CT molecular complexity index is 944. The molecule has 1 N–H and O–H groups in total. The van der Waals surface area contributed by atoms with E-state index in [0.29, 0.717) is 23.7 Å². The van der Waals surface area contributed by atoms with E-state index in [9.17, 15) is 9.59 Å². The molecule has 0 radical (unpaired) electrons. The maximum atomic E-state index is 12.7. The van der Waals surface area contributed by atoms with Gasteiger partial charge in [-0.3, -0.25) is 9.59 Å². The zero-order chi connectivity index (χ0) is 19.3. The molecule has 8 heteroatoms. The van der Waals surface area contributed by atoms with Crippen molar-refractivity contribution in [2.75, 3.05) is 11.6 Å². The first-order chi connectivity index (χ1) is 13.7. The van der Waals surface area contributed by atoms with Crippen molar-refractivity contribution in [2.24, 2.45) is 0 Å². The van der Waals surface area contributed by atoms with Crippen LogP contribution in [0.5, 0.6) is 0 Å². The summed E-state index contributed by atoms with van der Waals surface area (Å²) >= 11 is 1.59. The molecule has 0 saturated carbocycles. The number of thioether (sulfide) groups is 1. The molecule has 0 unspecified atom stereocenters. The fraction of sp³-hybridized carbons (Fsp3) is 0.200. The molecular weight excluding hydrogens is 374 g/mol. The number of carbonyl (C=O) groups is 2. The van der Waals surface area contributed by atoms with Gasteiger partial charge in [-0.25, -0.2) is 9.67 Å². The SMILES string of the molecule is O=C(NCc1ccc(-n2cncn2)cc1)[C@@H]1CSCN1C(=O)c1ccccc1. The minimum absolute atomic E-state index is 0.108. The Morgan fingerprint density at radius 2 is 1.89 bits per heavy atom. The summed E-state index contributed by atoms with van der Waals surface area (Å²) in [6.07, 6.45) is 3.11. The number of benzene rings is 2. The molecule has 0 spiro atoms. The summed E-state index contributed by atoms with van der Waals surface area (Å²) in [4.78, 5) is 31.0. The molecule has 1 aromatic heterocycles. The molecule has 28 heavy (non-hydrogen) atoms. The molecule has 142 valence electrons. The van der Waals surface area contributed by atoms with Gasteiger partial charge in [0.1, 0.15) is 18.7 Å². The number of hydrogen-bond acceptors (Lipinski definition) is 5. The van der Waals surface area contributed by atoms with Crippen LogP contribution in [0.4, 0.5) is 0 Å². The van der Waals surface area contributed by atoms with E-state index in [4.69, 9.17) is 0 Å². The Hall–Kier alpha value is -3.13. The lowest BCUT2D eigenvalue weighted by Gasteiger charge is -2.23. The van der Waals surface area contributed by atoms with E-state index in [1.807, 2.05) is 42.5 Å². The summed E-state index contributed by atoms with van der Waals surface area (Å²) < 4.78 is 1.67. The van der Waals surface area contributed by atoms with Crippen LogP contribution in [0.2, 0.25) is 0 Å². The van der Waals surface area contributed by atoms with Gasteiger partial charge in [-0.15, -0.1) is 11.8 Å². The summed E-state index contributed by atoms with van der Waals surface area (Å²) in [5.41, 5.74) is 2.48. The normalized spacial score (nSPS) is 16.1. The molecule has 7 nitrogen and oxygen atoms in total. The third-order valence-electron chi connectivity index (χ3n) is 4.55. The van der Waals surface area contributed by atoms with Crippen LogP contribution >= 0.6 is 11.8 Å². The Balaban J connectivity index is 1.37. The standard InChI is InChI=1S/C20H19N5O2S/c26-19(18-11-28-14-24(18)20(27)16-4-2-1-3-5-16)22-10-15-6-8-17(9-7-15)25-13-21-12-23-25/h1-9,12-13,18H,10-11,14H2,(H,22,26)/t18-/m0/s1. The molecule has 3 aromatic rings. The lowest BCUT2D eigenvalue weighted by atomic mass is 10.1. The largest absolute Gasteiger partial charge is 0.350 e. The minimum atomic E-state index is -0.452. The van der Waals surface area contributed by atoms with Gasteiger partial charge >= 0.3 is 0 Å². The second-order valence-corrected chi connectivity index (χ2v) is 7.38. The second-order valence-electron chi connectivity index (χ2n) is 6.38. The number of nitrogens with one attached hydrogen (secondary N) is 1. The number of nitrogens with zero attached hydrogens (tertiary/aromatic N) is 4. The highest BCUT2D eigenvalue weighted by Crippen LogP contribution is 2.23. The van der Waals surface area contributed by atoms with Gasteiger partial charge < -0.3 is 10.2 Å². The molecule has 1 aliphatic heterocycles. The van der Waals surface area contributed by atoms with E-state index < -0.39 is 6.04 Å². The van der Waals surface area contributed by atoms with Crippen LogP contribution < -0.4 is 5.32 Å². The average molecular weight is 393 g/mol. The van der Waals surface area contributed by atoms with Gasteiger partial charge in [0.05, 0.1) is 11.6 Å². The molecule has 2 aromatic carbocycles. The summed E-state index contributed by atoms with van der Waals surface area (Å²) in [5.74, 6) is 0.895. The number of amides is 2. The maximum Gasteiger partial charge on any atom is 0.255 e. The Morgan fingerprint density at radius 3 is 2.61 bits per heavy atom. The molecule has 0 aliphatic carbocycles. The van der Waals surface area contributed by atoms with E-state index in [0.717, 1.165) is 11.3 Å². The molecule has 1 saturated heterocycles. The van der Waals surface area contributed by atoms with Crippen molar-refractivity contribution in [3.63, 3.8) is 0 Å². The zero-order valence-corrected chi connectivity index (χ0v) is 15.9. The van der Waals surface area contributed by atoms with Crippen molar-refractivity contribution in [3.8, 4) is 5.69 Å². The van der Waals surface area contributed by atoms with Crippen molar-refractivity contribution in [1.29, 1.82) is 0 Å². The lowest BCUT2D eigenvalue weighted by molar-refractivity contribution is -0.124. The van der Waals surface area contributed by atoms with Crippen LogP contribution in [0.3, 0.4) is 0 Å². The smallest absolute Gasteiger partial charge is 0.255 e. The monoisotopic (exact) mass is 393 g/mol. The van der Waals surface area contributed by atoms with Crippen LogP contribution in [0.1, 0.15) is 15.9 Å². The van der Waals surface area contributed by atoms with Crippen LogP contribution in [0.25, 0.3) is 5.69 Å². The first kappa shape index (κ1) is 18.2. The maximum absolute atomic E-state index is 12.7. The first-order valence-corrected chi connectivity index (χ1v) is 10.0. The highest BCUT2D eigenvalue weighted by Gasteiger charge is 2.34. The van der Waals surface area contributed by atoms with Crippen LogP contribution in [0.15, 0.2) is 67.3 Å². The van der Waals surface area contributed by atoms with Crippen molar-refractivity contribution < 1.29 is 9.59 Å². The Kier molecular flexibility index (Phi) is 5.38. The van der Waals surface area contributed by atoms with Crippen molar-refractivity contribution in [3.05, 3.63) is 78.4 Å². The number of carbonyl (C=O) groups excluding carboxylic acids is 2. The molecule has 1 atom stereocenters. The van der Waals surface area contributed by atoms with Gasteiger partial charge in [0.25, 0.3) is 5.91 Å². The molecule has 4 rings (SSSR count). The van der Waals surface area contributed by atoms with Crippen molar-refractivity contribution in [1.82, 2.24) is 25.0 Å². The predicted molar refractivity (Wildman–Crippen MR) is 107 cm³/mol. The van der Waals surface area contributed by atoms with Gasteiger partial charge in [-0.05, 0) is 29.8 Å². The molecule has 1 fully saturated rings. The zero-order valence-electron chi connectivity index (χ0n) is 15.1. The highest BCUT2D eigenvalue weighted by atomic mass is 32.2. The number of rotatable bonds is 5. The third-order valence-corrected chi connectivity index (χ3v) is 5.57. The average Bonchev–Trinajstić information content (AvgIpc) is 3.45. The van der Waals surface area contributed by atoms with Crippen molar-refractivity contribution in [2.45, 2.75) is 12.6 Å². The molecular formula is C20H19N5O2S. The van der Waals surface area contributed by atoms with E-state index in [1.54, 1.807) is 39.8 Å². The van der Waals surface area contributed by atoms with Gasteiger partial charge in [-0.2, -0.15) is 5.10 Å². The topological polar surface area (TPSA) is 80.1 Å². The molecule has 2 amide bonds. The summed E-state index contributed by atoms with van der Waals surface area (Å²) in [7, 11) is 0. The summed E-state index contributed by atoms with van der Waals surface area (Å²) in [6.45, 7) is 0.408. The highest BCUT2D eigenvalue weighted by molar-refractivity contribution is 7.99. The van der Waals surface area contributed by atoms with E-state index in [-0.39, 0.29) is 11.8 Å². The van der Waals surface area contributed by atoms with Crippen molar-refractivity contribution >= 4 is 23.6 Å². The summed E-state index contributed by atoms with van der Waals surface area (Å²) in [6, 6.07) is 16.3. The van der Waals surface area contributed by atoms with Gasteiger partial charge in [-0.1, -0.05) is 30.3 Å². The van der Waals surface area contributed by atoms with E-state index in [2.05, 4.69) is 15.4 Å². The van der Waals surface area contributed by atoms with Gasteiger partial charge in [0.15, 0.2) is 0 Å². The number of aromatic nitrogens is 3. The molecule has 2 heterocycles. The van der Waals surface area contributed by atoms with Gasteiger partial charge in [0.2, 0.25) is 5.91 Å².